The first-order chi connectivity index (χ1) is 17.5. The summed E-state index contributed by atoms with van der Waals surface area (Å²) in [4.78, 5) is 46.7. The van der Waals surface area contributed by atoms with Crippen LogP contribution in [0.15, 0.2) is 54.6 Å². The van der Waals surface area contributed by atoms with Gasteiger partial charge in [-0.15, -0.1) is 0 Å². The van der Waals surface area contributed by atoms with Crippen molar-refractivity contribution in [3.63, 3.8) is 0 Å². The van der Waals surface area contributed by atoms with E-state index in [4.69, 9.17) is 4.74 Å². The second kappa shape index (κ2) is 10.2. The van der Waals surface area contributed by atoms with E-state index in [-0.39, 0.29) is 30.9 Å². The van der Waals surface area contributed by atoms with E-state index in [1.54, 1.807) is 9.80 Å². The molecular weight excluding hydrogens is 458 g/mol. The number of nitrogens with zero attached hydrogens (tertiary/aromatic N) is 3. The van der Waals surface area contributed by atoms with Crippen molar-refractivity contribution in [2.75, 3.05) is 32.8 Å². The van der Waals surface area contributed by atoms with Crippen LogP contribution in [-0.4, -0.2) is 88.1 Å². The van der Waals surface area contributed by atoms with Gasteiger partial charge in [-0.1, -0.05) is 74.4 Å². The number of carbonyl (C=O) groups excluding carboxylic acids is 3. The van der Waals surface area contributed by atoms with Gasteiger partial charge in [-0.25, -0.2) is 0 Å². The van der Waals surface area contributed by atoms with Crippen LogP contribution >= 0.6 is 0 Å². The topological polar surface area (TPSA) is 90.4 Å². The molecule has 4 heterocycles. The Labute approximate surface area is 212 Å². The minimum Gasteiger partial charge on any atom is -0.395 e. The zero-order chi connectivity index (χ0) is 25.3. The summed E-state index contributed by atoms with van der Waals surface area (Å²) in [7, 11) is 0. The number of benzene rings is 1. The summed E-state index contributed by atoms with van der Waals surface area (Å²) in [6.07, 6.45) is 9.92. The minimum absolute atomic E-state index is 0.0304. The van der Waals surface area contributed by atoms with E-state index in [1.807, 2.05) is 54.6 Å². The number of ether oxygens (including phenoxy) is 1. The fourth-order valence-corrected chi connectivity index (χ4v) is 6.28. The molecule has 0 aromatic heterocycles. The van der Waals surface area contributed by atoms with Crippen molar-refractivity contribution in [1.82, 2.24) is 14.7 Å². The van der Waals surface area contributed by atoms with Gasteiger partial charge in [0, 0.05) is 32.7 Å². The highest BCUT2D eigenvalue weighted by molar-refractivity contribution is 5.99. The van der Waals surface area contributed by atoms with E-state index in [9.17, 15) is 19.5 Å². The molecule has 1 unspecified atom stereocenters. The van der Waals surface area contributed by atoms with E-state index >= 15 is 0 Å². The Hall–Kier alpha value is -2.97. The molecule has 1 N–H and O–H groups in total. The second-order valence-electron chi connectivity index (χ2n) is 10.1. The van der Waals surface area contributed by atoms with Crippen molar-refractivity contribution in [3.05, 3.63) is 60.2 Å². The van der Waals surface area contributed by atoms with Crippen LogP contribution in [-0.2, 0) is 25.7 Å². The summed E-state index contributed by atoms with van der Waals surface area (Å²) < 4.78 is 6.59. The predicted molar refractivity (Wildman–Crippen MR) is 133 cm³/mol. The molecule has 8 nitrogen and oxygen atoms in total. The van der Waals surface area contributed by atoms with Gasteiger partial charge in [0.1, 0.15) is 11.6 Å². The van der Waals surface area contributed by atoms with Crippen molar-refractivity contribution in [2.24, 2.45) is 11.8 Å². The molecule has 3 amide bonds. The smallest absolute Gasteiger partial charge is 0.249 e. The summed E-state index contributed by atoms with van der Waals surface area (Å²) in [5, 5.41) is 9.76. The quantitative estimate of drug-likeness (QED) is 0.440. The maximum Gasteiger partial charge on any atom is 0.249 e. The average Bonchev–Trinajstić information content (AvgIpc) is 3.19. The van der Waals surface area contributed by atoms with Gasteiger partial charge >= 0.3 is 0 Å². The van der Waals surface area contributed by atoms with Crippen molar-refractivity contribution in [1.29, 1.82) is 0 Å². The Morgan fingerprint density at radius 1 is 0.972 bits per heavy atom. The van der Waals surface area contributed by atoms with E-state index in [0.29, 0.717) is 26.2 Å². The minimum atomic E-state index is -1.23. The molecule has 1 spiro atoms. The van der Waals surface area contributed by atoms with Gasteiger partial charge in [0.05, 0.1) is 24.5 Å². The molecule has 2 saturated heterocycles. The van der Waals surface area contributed by atoms with E-state index in [2.05, 4.69) is 6.92 Å². The van der Waals surface area contributed by atoms with Crippen molar-refractivity contribution < 1.29 is 24.2 Å². The molecule has 36 heavy (non-hydrogen) atoms. The highest BCUT2D eigenvalue weighted by atomic mass is 16.5. The van der Waals surface area contributed by atoms with Crippen molar-refractivity contribution >= 4 is 17.7 Å². The lowest BCUT2D eigenvalue weighted by Gasteiger charge is -2.35. The molecule has 0 radical (unpaired) electrons. The predicted octanol–water partition coefficient (Wildman–Crippen LogP) is 1.75. The zero-order valence-electron chi connectivity index (χ0n) is 20.8. The number of aliphatic hydroxyl groups excluding tert-OH is 1. The monoisotopic (exact) mass is 493 g/mol. The Kier molecular flexibility index (Phi) is 6.99. The Balaban J connectivity index is 1.49. The van der Waals surface area contributed by atoms with Gasteiger partial charge in [0.15, 0.2) is 0 Å². The van der Waals surface area contributed by atoms with Gasteiger partial charge in [-0.05, 0) is 12.0 Å². The van der Waals surface area contributed by atoms with Crippen molar-refractivity contribution in [3.8, 4) is 0 Å². The van der Waals surface area contributed by atoms with Crippen LogP contribution in [0.25, 0.3) is 0 Å². The maximum atomic E-state index is 13.9. The summed E-state index contributed by atoms with van der Waals surface area (Å²) >= 11 is 0. The third-order valence-corrected chi connectivity index (χ3v) is 7.91. The third kappa shape index (κ3) is 4.06. The first-order valence-electron chi connectivity index (χ1n) is 13.1. The fraction of sp³-hybridized carbons (Fsp3) is 0.536. The van der Waals surface area contributed by atoms with Crippen LogP contribution < -0.4 is 0 Å². The normalized spacial score (nSPS) is 31.4. The number of hydrogen-bond acceptors (Lipinski definition) is 5. The van der Waals surface area contributed by atoms with Crippen LogP contribution in [0.5, 0.6) is 0 Å². The lowest BCUT2D eigenvalue weighted by molar-refractivity contribution is -0.148. The highest BCUT2D eigenvalue weighted by Crippen LogP contribution is 2.53. The number of β-amino-alcohol motifs (C(OH)–C–C–N with tert-alkyl or cyclic N) is 1. The zero-order valence-corrected chi connectivity index (χ0v) is 20.8. The third-order valence-electron chi connectivity index (χ3n) is 7.91. The number of likely N-dealkylation sites (tertiary alicyclic amines) is 1. The fourth-order valence-electron chi connectivity index (χ4n) is 6.28. The number of carbonyl (C=O) groups is 3. The van der Waals surface area contributed by atoms with Gasteiger partial charge in [-0.2, -0.15) is 0 Å². The molecule has 1 aromatic carbocycles. The Bertz CT molecular complexity index is 1060. The summed E-state index contributed by atoms with van der Waals surface area (Å²) in [6.45, 7) is 3.79. The number of fused-ring (bicyclic) bond motifs is 2. The van der Waals surface area contributed by atoms with Crippen LogP contribution in [0.4, 0.5) is 0 Å². The first-order valence-corrected chi connectivity index (χ1v) is 13.1. The summed E-state index contributed by atoms with van der Waals surface area (Å²) in [5.74, 6) is -2.15. The molecule has 5 rings (SSSR count). The SMILES string of the molecule is CCCCCN1CC=C[C@]23O[C@@H]4C=CCN(Cc5ccccc5)C(=O)[C@@H]4[C@H]2C(=O)N(CCO)C3C1=O. The van der Waals surface area contributed by atoms with Crippen LogP contribution in [0, 0.1) is 11.8 Å². The van der Waals surface area contributed by atoms with Gasteiger partial charge < -0.3 is 24.5 Å². The Morgan fingerprint density at radius 3 is 2.50 bits per heavy atom. The molecule has 5 atom stereocenters. The highest BCUT2D eigenvalue weighted by Gasteiger charge is 2.71. The van der Waals surface area contributed by atoms with E-state index in [0.717, 1.165) is 24.8 Å². The number of unbranched alkanes of at least 4 members (excludes halogenated alkanes) is 2. The largest absolute Gasteiger partial charge is 0.395 e. The maximum absolute atomic E-state index is 13.9. The second-order valence-corrected chi connectivity index (χ2v) is 10.1. The van der Waals surface area contributed by atoms with Gasteiger partial charge in [0.25, 0.3) is 0 Å². The van der Waals surface area contributed by atoms with E-state index in [1.165, 1.54) is 4.90 Å². The molecule has 8 heteroatoms. The lowest BCUT2D eigenvalue weighted by atomic mass is 9.77. The van der Waals surface area contributed by atoms with Crippen molar-refractivity contribution in [2.45, 2.75) is 50.5 Å². The average molecular weight is 494 g/mol. The standard InChI is InChI=1S/C28H35N3O5/c1-2-3-7-14-29-16-9-13-28-23(26(34)31(17-18-32)24(28)27(29)35)22-21(36-28)12-8-15-30(25(22)33)19-20-10-5-4-6-11-20/h4-6,8-13,21-24,32H,2-3,7,14-19H2,1H3/t21-,22+,23+,24?,28+/m1/s1. The molecule has 192 valence electrons. The molecule has 0 bridgehead atoms. The molecule has 4 aliphatic heterocycles. The van der Waals surface area contributed by atoms with Crippen LogP contribution in [0.2, 0.25) is 0 Å². The molecule has 2 fully saturated rings. The number of aliphatic hydroxyl groups is 1. The molecular formula is C28H35N3O5. The summed E-state index contributed by atoms with van der Waals surface area (Å²) in [5.41, 5.74) is -0.218. The molecule has 0 saturated carbocycles. The van der Waals surface area contributed by atoms with Gasteiger partial charge in [-0.3, -0.25) is 14.4 Å². The Morgan fingerprint density at radius 2 is 1.75 bits per heavy atom. The number of amides is 3. The van der Waals surface area contributed by atoms with Crippen LogP contribution in [0.3, 0.4) is 0 Å². The number of rotatable bonds is 8. The van der Waals surface area contributed by atoms with E-state index < -0.39 is 29.6 Å². The first kappa shape index (κ1) is 24.7. The van der Waals surface area contributed by atoms with Crippen LogP contribution in [0.1, 0.15) is 31.7 Å². The number of hydrogen-bond donors (Lipinski definition) is 1. The molecule has 0 aliphatic carbocycles. The molecule has 4 aliphatic rings. The van der Waals surface area contributed by atoms with Gasteiger partial charge in [0.2, 0.25) is 17.7 Å². The lowest BCUT2D eigenvalue weighted by Crippen LogP contribution is -2.55. The molecule has 1 aromatic rings. The summed E-state index contributed by atoms with van der Waals surface area (Å²) in [6, 6.07) is 8.88.